The van der Waals surface area contributed by atoms with E-state index in [1.54, 1.807) is 0 Å². The third-order valence-electron chi connectivity index (χ3n) is 37.7. The van der Waals surface area contributed by atoms with E-state index in [0.29, 0.717) is 0 Å². The van der Waals surface area contributed by atoms with E-state index in [1.165, 1.54) is 364 Å². The number of nitrogens with zero attached hydrogens (tertiary/aromatic N) is 6. The Labute approximate surface area is 883 Å². The summed E-state index contributed by atoms with van der Waals surface area (Å²) in [5.74, 6) is 0. The van der Waals surface area contributed by atoms with Crippen LogP contribution in [0.5, 0.6) is 0 Å². The van der Waals surface area contributed by atoms with Crippen LogP contribution in [0.3, 0.4) is 0 Å². The fourth-order valence-electron chi connectivity index (χ4n) is 29.4. The Morgan fingerprint density at radius 1 is 0.100 bits per heavy atom. The van der Waals surface area contributed by atoms with Gasteiger partial charge in [-0.25, -0.2) is 0 Å². The van der Waals surface area contributed by atoms with Crippen molar-refractivity contribution >= 4 is 200 Å². The molecule has 0 aliphatic heterocycles. The van der Waals surface area contributed by atoms with Crippen LogP contribution in [0.15, 0.2) is 291 Å². The molecule has 732 valence electrons. The third-order valence-corrected chi connectivity index (χ3v) is 37.7. The Morgan fingerprint density at radius 2 is 0.180 bits per heavy atom. The summed E-state index contributed by atoms with van der Waals surface area (Å²) >= 11 is 0. The van der Waals surface area contributed by atoms with E-state index < -0.39 is 20.1 Å². The third kappa shape index (κ3) is 13.1. The number of para-hydroxylation sites is 12. The molecule has 0 radical (unpaired) electrons. The van der Waals surface area contributed by atoms with E-state index in [9.17, 15) is 0 Å². The molecule has 0 amide bonds. The molecule has 19 aromatic carbocycles. The first-order valence-corrected chi connectivity index (χ1v) is 54.1. The van der Waals surface area contributed by atoms with Gasteiger partial charge < -0.3 is 27.4 Å². The Kier molecular flexibility index (Phi) is 22.3. The highest BCUT2D eigenvalue weighted by Gasteiger charge is 2.46. The lowest BCUT2D eigenvalue weighted by Crippen LogP contribution is -2.67. The Balaban J connectivity index is 0.896. The van der Waals surface area contributed by atoms with Gasteiger partial charge in [-0.15, -0.1) is 0 Å². The molecule has 0 saturated carbocycles. The van der Waals surface area contributed by atoms with E-state index >= 15 is 0 Å². The monoisotopic (exact) mass is 1940 g/mol. The molecule has 0 N–H and O–H groups in total. The van der Waals surface area contributed by atoms with Gasteiger partial charge in [0.25, 0.3) is 0 Å². The highest BCUT2D eigenvalue weighted by atomic mass is 15.0. The van der Waals surface area contributed by atoms with E-state index in [4.69, 9.17) is 0 Å². The molecule has 0 saturated heterocycles. The summed E-state index contributed by atoms with van der Waals surface area (Å²) in [6.45, 7) is 66.6. The van der Waals surface area contributed by atoms with Gasteiger partial charge in [-0.05, 0) is 326 Å². The van der Waals surface area contributed by atoms with Gasteiger partial charge in [0.1, 0.15) is 0 Å². The first-order chi connectivity index (χ1) is 72.4. The fraction of sp³-hybridized carbons (Fsp3) is 0.191. The summed E-state index contributed by atoms with van der Waals surface area (Å²) in [6, 6.07) is 110. The molecule has 25 rings (SSSR count). The minimum Gasteiger partial charge on any atom is -0.309 e. The van der Waals surface area contributed by atoms with Crippen LogP contribution in [-0.2, 0) is 0 Å². The molecule has 6 nitrogen and oxygen atoms in total. The Bertz CT molecular complexity index is 8280. The van der Waals surface area contributed by atoms with Gasteiger partial charge in [-0.3, -0.25) is 0 Å². The van der Waals surface area contributed by atoms with E-state index in [1.807, 2.05) is 0 Å². The molecular formula is C141H129B3N6. The van der Waals surface area contributed by atoms with Crippen LogP contribution in [0.4, 0.5) is 0 Å². The summed E-state index contributed by atoms with van der Waals surface area (Å²) in [6.07, 6.45) is 0. The molecule has 0 aliphatic rings. The van der Waals surface area contributed by atoms with Crippen molar-refractivity contribution in [3.63, 3.8) is 0 Å². The van der Waals surface area contributed by atoms with Gasteiger partial charge in [0, 0.05) is 64.6 Å². The molecule has 6 heterocycles. The van der Waals surface area contributed by atoms with Crippen molar-refractivity contribution in [1.82, 2.24) is 27.4 Å². The zero-order valence-corrected chi connectivity index (χ0v) is 92.1. The zero-order valence-electron chi connectivity index (χ0n) is 92.1. The van der Waals surface area contributed by atoms with Crippen LogP contribution in [0.2, 0.25) is 0 Å². The maximum atomic E-state index is 2.64. The minimum atomic E-state index is -0.392. The summed E-state index contributed by atoms with van der Waals surface area (Å²) in [7, 11) is 0. The van der Waals surface area contributed by atoms with Crippen molar-refractivity contribution in [2.45, 2.75) is 187 Å². The average Bonchev–Trinajstić information content (AvgIpc) is 0.899. The number of hydrogen-bond donors (Lipinski definition) is 0. The lowest BCUT2D eigenvalue weighted by molar-refractivity contribution is 1.09. The normalized spacial score (nSPS) is 12.1. The second-order valence-corrected chi connectivity index (χ2v) is 44.2. The molecule has 0 bridgehead atoms. The molecule has 9 heteroatoms. The maximum Gasteiger partial charge on any atom is 0.243 e. The molecule has 0 spiro atoms. The van der Waals surface area contributed by atoms with Crippen molar-refractivity contribution in [2.75, 3.05) is 0 Å². The van der Waals surface area contributed by atoms with Crippen molar-refractivity contribution in [2.24, 2.45) is 0 Å². The molecular weight excluding hydrogens is 1810 g/mol. The van der Waals surface area contributed by atoms with Gasteiger partial charge in [0.2, 0.25) is 20.1 Å². The molecule has 0 fully saturated rings. The van der Waals surface area contributed by atoms with Crippen LogP contribution >= 0.6 is 0 Å². The quantitative estimate of drug-likeness (QED) is 0.0916. The molecule has 0 atom stereocenters. The van der Waals surface area contributed by atoms with Gasteiger partial charge in [-0.1, -0.05) is 351 Å². The van der Waals surface area contributed by atoms with Crippen LogP contribution in [-0.4, -0.2) is 47.5 Å². The van der Waals surface area contributed by atoms with Crippen molar-refractivity contribution in [3.8, 4) is 34.1 Å². The predicted molar refractivity (Wildman–Crippen MR) is 653 cm³/mol. The smallest absolute Gasteiger partial charge is 0.243 e. The summed E-state index contributed by atoms with van der Waals surface area (Å²) in [4.78, 5) is 0. The second-order valence-electron chi connectivity index (χ2n) is 44.2. The molecule has 0 aliphatic carbocycles. The highest BCUT2D eigenvalue weighted by molar-refractivity contribution is 7.03. The Hall–Kier alpha value is -15.8. The van der Waals surface area contributed by atoms with Gasteiger partial charge >= 0.3 is 0 Å². The van der Waals surface area contributed by atoms with Crippen LogP contribution < -0.4 is 49.2 Å². The molecule has 6 aromatic heterocycles. The lowest BCUT2D eigenvalue weighted by atomic mass is 9.25. The predicted octanol–water partition coefficient (Wildman–Crippen LogP) is 30.1. The van der Waals surface area contributed by atoms with Crippen LogP contribution in [0.25, 0.3) is 165 Å². The fourth-order valence-corrected chi connectivity index (χ4v) is 29.4. The van der Waals surface area contributed by atoms with Crippen LogP contribution in [0, 0.1) is 187 Å². The average molecular weight is 1940 g/mol. The maximum absolute atomic E-state index is 2.64. The van der Waals surface area contributed by atoms with Crippen molar-refractivity contribution in [1.29, 1.82) is 0 Å². The molecule has 150 heavy (non-hydrogen) atoms. The van der Waals surface area contributed by atoms with Gasteiger partial charge in [0.05, 0.1) is 100 Å². The SMILES string of the molecule is Cc1c(C)c(-n2c3ccccc3c3ccccc32)c(C)c(C)c1B(c1c(C)c(C)c(-n2c3ccccc3c3ccccc32)c(C)c1C)c1c(C)c(B(c2c(C)c(C)c(-n3c4ccccc4c4ccccc43)c(C)c2C)c2c(C)c(C)c(-n3c4ccccc4c4ccccc43)c(C)c2C)c(C)c(B(c2c(C)c(C)c(-n3c4ccccc4c4ccccc43)c(C)c2C)c2c(C)c(C)c(-n3c4ccccc4c4ccccc43)c(C)c2C)c1C. The number of hydrogen-bond acceptors (Lipinski definition) is 0. The summed E-state index contributed by atoms with van der Waals surface area (Å²) < 4.78 is 15.7. The van der Waals surface area contributed by atoms with Crippen LogP contribution in [0.1, 0.15) is 150 Å². The standard InChI is InChI=1S/C141H129B3N6/c1-76-88(13)136(145-115-64-40-28-52-103(115)104-53-29-41-65-116(104)145)89(14)77(2)127(76)142(128-78(3)90(15)137(91(16)79(128)4)146-117-66-42-30-54-105(117)106-55-31-43-67-118(106)146)133-100(25)134(143(129-80(5)92(17)138(93(18)81(129)6)147-119-68-44-32-56-107(119)108-57-33-45-69-120(108)147)130-82(7)94(19)139(95(20)83(130)8)148-121-70-46-34-58-109(121)110-59-35-47-71-122(110)148)102(27)135(101(133)26)144(131-84(9)96(21)140(97(22)85(131)10)149-123-72-48-36-60-111(123)112-61-37-49-73-124(112)149)132-86(11)98(23)141(99(24)87(132)12)150-125-74-50-38-62-113(125)114-63-39-51-75-126(114)150/h28-75H,1-27H3. The number of rotatable bonds is 15. The van der Waals surface area contributed by atoms with Crippen molar-refractivity contribution < 1.29 is 0 Å². The van der Waals surface area contributed by atoms with E-state index in [-0.39, 0.29) is 0 Å². The van der Waals surface area contributed by atoms with E-state index in [2.05, 4.69) is 506 Å². The first kappa shape index (κ1) is 95.1. The van der Waals surface area contributed by atoms with Gasteiger partial charge in [-0.2, -0.15) is 0 Å². The molecule has 0 unspecified atom stereocenters. The second kappa shape index (κ2) is 35.2. The summed E-state index contributed by atoms with van der Waals surface area (Å²) in [5.41, 5.74) is 69.0. The van der Waals surface area contributed by atoms with E-state index in [0.717, 1.165) is 0 Å². The number of aromatic nitrogens is 6. The Morgan fingerprint density at radius 3 is 0.273 bits per heavy atom. The number of fused-ring (bicyclic) bond motifs is 18. The topological polar surface area (TPSA) is 29.6 Å². The lowest BCUT2D eigenvalue weighted by Gasteiger charge is -2.38. The summed E-state index contributed by atoms with van der Waals surface area (Å²) in [5, 5.41) is 15.0. The largest absolute Gasteiger partial charge is 0.309 e. The highest BCUT2D eigenvalue weighted by Crippen LogP contribution is 2.46. The minimum absolute atomic E-state index is 0.392. The van der Waals surface area contributed by atoms with Gasteiger partial charge in [0.15, 0.2) is 0 Å². The van der Waals surface area contributed by atoms with Crippen molar-refractivity contribution in [3.05, 3.63) is 441 Å². The first-order valence-electron chi connectivity index (χ1n) is 54.1. The molecule has 25 aromatic rings. The number of benzene rings is 19. The zero-order chi connectivity index (χ0) is 104.